The summed E-state index contributed by atoms with van der Waals surface area (Å²) in [6.07, 6.45) is 0.147. The minimum atomic E-state index is -0.269. The Morgan fingerprint density at radius 1 is 1.16 bits per heavy atom. The van der Waals surface area contributed by atoms with Gasteiger partial charge in [-0.05, 0) is 45.9 Å². The number of benzene rings is 1. The first-order chi connectivity index (χ1) is 8.92. The second kappa shape index (κ2) is 7.02. The van der Waals surface area contributed by atoms with Crippen LogP contribution in [0.1, 0.15) is 33.3 Å². The molecular formula is C15H22O4. The SMILES string of the molecule is COc1ccc(OC(C)C)cc1CC(=O)OC(C)C. The molecule has 0 aliphatic rings. The van der Waals surface area contributed by atoms with E-state index in [1.54, 1.807) is 13.2 Å². The molecule has 0 amide bonds. The van der Waals surface area contributed by atoms with Crippen LogP contribution < -0.4 is 9.47 Å². The van der Waals surface area contributed by atoms with Crippen LogP contribution in [0.2, 0.25) is 0 Å². The van der Waals surface area contributed by atoms with Gasteiger partial charge in [-0.3, -0.25) is 4.79 Å². The minimum absolute atomic E-state index is 0.0869. The van der Waals surface area contributed by atoms with Crippen molar-refractivity contribution in [3.05, 3.63) is 23.8 Å². The fourth-order valence-corrected chi connectivity index (χ4v) is 1.70. The Labute approximate surface area is 114 Å². The molecule has 0 aliphatic carbocycles. The Morgan fingerprint density at radius 3 is 2.37 bits per heavy atom. The van der Waals surface area contributed by atoms with Gasteiger partial charge >= 0.3 is 5.97 Å². The molecule has 19 heavy (non-hydrogen) atoms. The zero-order valence-corrected chi connectivity index (χ0v) is 12.2. The number of esters is 1. The van der Waals surface area contributed by atoms with Crippen LogP contribution >= 0.6 is 0 Å². The number of ether oxygens (including phenoxy) is 3. The number of carbonyl (C=O) groups excluding carboxylic acids is 1. The number of methoxy groups -OCH3 is 1. The molecule has 1 rings (SSSR count). The highest BCUT2D eigenvalue weighted by atomic mass is 16.5. The molecule has 0 heterocycles. The van der Waals surface area contributed by atoms with Gasteiger partial charge in [-0.2, -0.15) is 0 Å². The highest BCUT2D eigenvalue weighted by Crippen LogP contribution is 2.25. The molecule has 106 valence electrons. The van der Waals surface area contributed by atoms with E-state index in [1.807, 2.05) is 39.8 Å². The summed E-state index contributed by atoms with van der Waals surface area (Å²) in [6.45, 7) is 7.56. The van der Waals surface area contributed by atoms with E-state index in [4.69, 9.17) is 14.2 Å². The molecule has 1 aromatic carbocycles. The summed E-state index contributed by atoms with van der Waals surface area (Å²) >= 11 is 0. The summed E-state index contributed by atoms with van der Waals surface area (Å²) in [5.41, 5.74) is 0.770. The van der Waals surface area contributed by atoms with Crippen LogP contribution in [0.3, 0.4) is 0 Å². The van der Waals surface area contributed by atoms with Crippen LogP contribution in [-0.4, -0.2) is 25.3 Å². The predicted octanol–water partition coefficient (Wildman–Crippen LogP) is 2.98. The van der Waals surface area contributed by atoms with Gasteiger partial charge in [-0.25, -0.2) is 0 Å². The van der Waals surface area contributed by atoms with Crippen molar-refractivity contribution in [2.24, 2.45) is 0 Å². The maximum Gasteiger partial charge on any atom is 0.310 e. The van der Waals surface area contributed by atoms with E-state index in [0.29, 0.717) is 5.75 Å². The molecule has 0 saturated carbocycles. The van der Waals surface area contributed by atoms with Gasteiger partial charge in [0.25, 0.3) is 0 Å². The zero-order valence-electron chi connectivity index (χ0n) is 12.2. The van der Waals surface area contributed by atoms with Crippen molar-refractivity contribution >= 4 is 5.97 Å². The van der Waals surface area contributed by atoms with Gasteiger partial charge in [0, 0.05) is 5.56 Å². The number of hydrogen-bond donors (Lipinski definition) is 0. The number of rotatable bonds is 6. The summed E-state index contributed by atoms with van der Waals surface area (Å²) < 4.78 is 16.0. The van der Waals surface area contributed by atoms with Gasteiger partial charge in [-0.1, -0.05) is 0 Å². The maximum atomic E-state index is 11.7. The minimum Gasteiger partial charge on any atom is -0.496 e. The summed E-state index contributed by atoms with van der Waals surface area (Å²) in [5.74, 6) is 1.12. The van der Waals surface area contributed by atoms with E-state index in [2.05, 4.69) is 0 Å². The first-order valence-corrected chi connectivity index (χ1v) is 6.45. The van der Waals surface area contributed by atoms with E-state index >= 15 is 0 Å². The van der Waals surface area contributed by atoms with Crippen molar-refractivity contribution in [1.29, 1.82) is 0 Å². The van der Waals surface area contributed by atoms with Gasteiger partial charge in [-0.15, -0.1) is 0 Å². The average Bonchev–Trinajstić information content (AvgIpc) is 2.27. The monoisotopic (exact) mass is 266 g/mol. The van der Waals surface area contributed by atoms with Gasteiger partial charge < -0.3 is 14.2 Å². The predicted molar refractivity (Wildman–Crippen MR) is 73.7 cm³/mol. The van der Waals surface area contributed by atoms with Gasteiger partial charge in [0.1, 0.15) is 11.5 Å². The second-order valence-corrected chi connectivity index (χ2v) is 4.86. The first-order valence-electron chi connectivity index (χ1n) is 6.45. The van der Waals surface area contributed by atoms with Crippen LogP contribution in [0.15, 0.2) is 18.2 Å². The number of carbonyl (C=O) groups is 1. The highest BCUT2D eigenvalue weighted by molar-refractivity contribution is 5.74. The lowest BCUT2D eigenvalue weighted by atomic mass is 10.1. The Balaban J connectivity index is 2.86. The van der Waals surface area contributed by atoms with Crippen LogP contribution in [0.5, 0.6) is 11.5 Å². The van der Waals surface area contributed by atoms with Crippen molar-refractivity contribution in [2.45, 2.75) is 46.3 Å². The molecule has 0 unspecified atom stereocenters. The molecule has 0 aliphatic heterocycles. The molecule has 0 saturated heterocycles. The molecule has 0 spiro atoms. The average molecular weight is 266 g/mol. The van der Waals surface area contributed by atoms with Crippen molar-refractivity contribution < 1.29 is 19.0 Å². The second-order valence-electron chi connectivity index (χ2n) is 4.86. The van der Waals surface area contributed by atoms with Gasteiger partial charge in [0.15, 0.2) is 0 Å². The third kappa shape index (κ3) is 5.20. The Kier molecular flexibility index (Phi) is 5.67. The Morgan fingerprint density at radius 2 is 1.84 bits per heavy atom. The van der Waals surface area contributed by atoms with E-state index in [0.717, 1.165) is 11.3 Å². The van der Waals surface area contributed by atoms with Crippen LogP contribution in [0.25, 0.3) is 0 Å². The van der Waals surface area contributed by atoms with Gasteiger partial charge in [0.2, 0.25) is 0 Å². The third-order valence-corrected chi connectivity index (χ3v) is 2.33. The van der Waals surface area contributed by atoms with Crippen molar-refractivity contribution in [3.63, 3.8) is 0 Å². The van der Waals surface area contributed by atoms with E-state index in [9.17, 15) is 4.79 Å². The topological polar surface area (TPSA) is 44.8 Å². The molecular weight excluding hydrogens is 244 g/mol. The zero-order chi connectivity index (χ0) is 14.4. The van der Waals surface area contributed by atoms with Crippen molar-refractivity contribution in [2.75, 3.05) is 7.11 Å². The fraction of sp³-hybridized carbons (Fsp3) is 0.533. The quantitative estimate of drug-likeness (QED) is 0.742. The molecule has 0 aromatic heterocycles. The third-order valence-electron chi connectivity index (χ3n) is 2.33. The molecule has 0 bridgehead atoms. The lowest BCUT2D eigenvalue weighted by molar-refractivity contribution is -0.146. The smallest absolute Gasteiger partial charge is 0.310 e. The Bertz CT molecular complexity index is 424. The summed E-state index contributed by atoms with van der Waals surface area (Å²) in [6, 6.07) is 5.45. The maximum absolute atomic E-state index is 11.7. The van der Waals surface area contributed by atoms with E-state index in [-0.39, 0.29) is 24.6 Å². The molecule has 1 aromatic rings. The molecule has 0 atom stereocenters. The summed E-state index contributed by atoms with van der Waals surface area (Å²) in [4.78, 5) is 11.7. The summed E-state index contributed by atoms with van der Waals surface area (Å²) in [5, 5.41) is 0. The van der Waals surface area contributed by atoms with Crippen LogP contribution in [-0.2, 0) is 16.0 Å². The molecule has 0 N–H and O–H groups in total. The largest absolute Gasteiger partial charge is 0.496 e. The Hall–Kier alpha value is -1.71. The highest BCUT2D eigenvalue weighted by Gasteiger charge is 2.13. The van der Waals surface area contributed by atoms with Gasteiger partial charge in [0.05, 0.1) is 25.7 Å². The van der Waals surface area contributed by atoms with Crippen LogP contribution in [0, 0.1) is 0 Å². The van der Waals surface area contributed by atoms with E-state index in [1.165, 1.54) is 0 Å². The van der Waals surface area contributed by atoms with Crippen molar-refractivity contribution in [3.8, 4) is 11.5 Å². The van der Waals surface area contributed by atoms with Crippen molar-refractivity contribution in [1.82, 2.24) is 0 Å². The molecule has 0 fully saturated rings. The summed E-state index contributed by atoms with van der Waals surface area (Å²) in [7, 11) is 1.58. The standard InChI is InChI=1S/C15H22O4/c1-10(2)18-13-6-7-14(17-5)12(8-13)9-15(16)19-11(3)4/h6-8,10-11H,9H2,1-5H3. The first kappa shape index (κ1) is 15.3. The number of hydrogen-bond acceptors (Lipinski definition) is 4. The van der Waals surface area contributed by atoms with Crippen LogP contribution in [0.4, 0.5) is 0 Å². The molecule has 4 heteroatoms. The lowest BCUT2D eigenvalue weighted by Crippen LogP contribution is -2.14. The molecule has 4 nitrogen and oxygen atoms in total. The van der Waals surface area contributed by atoms with E-state index < -0.39 is 0 Å². The normalized spacial score (nSPS) is 10.7. The lowest BCUT2D eigenvalue weighted by Gasteiger charge is -2.14. The molecule has 0 radical (unpaired) electrons. The fourth-order valence-electron chi connectivity index (χ4n) is 1.70.